The van der Waals surface area contributed by atoms with Gasteiger partial charge < -0.3 is 34.7 Å². The third kappa shape index (κ3) is 6.96. The number of nitrogens with two attached hydrogens (primary N) is 1. The van der Waals surface area contributed by atoms with E-state index in [0.717, 1.165) is 10.8 Å². The molecule has 5 N–H and O–H groups in total. The van der Waals surface area contributed by atoms with Crippen LogP contribution in [0.1, 0.15) is 47.3 Å². The van der Waals surface area contributed by atoms with Crippen molar-refractivity contribution in [3.63, 3.8) is 0 Å². The van der Waals surface area contributed by atoms with Gasteiger partial charge in [-0.2, -0.15) is 9.97 Å². The molecule has 0 amide bonds. The minimum atomic E-state index is -3.87. The summed E-state index contributed by atoms with van der Waals surface area (Å²) >= 11 is 0. The van der Waals surface area contributed by atoms with Gasteiger partial charge in [0.05, 0.1) is 32.3 Å². The second-order valence-electron chi connectivity index (χ2n) is 12.9. The van der Waals surface area contributed by atoms with E-state index in [1.807, 2.05) is 51.1 Å². The Morgan fingerprint density at radius 1 is 1.22 bits per heavy atom. The number of benzene rings is 2. The van der Waals surface area contributed by atoms with Crippen molar-refractivity contribution in [2.24, 2.45) is 5.41 Å². The van der Waals surface area contributed by atoms with E-state index in [4.69, 9.17) is 24.5 Å². The summed E-state index contributed by atoms with van der Waals surface area (Å²) in [5, 5.41) is 27.2. The molecular formula is C31H41N6O8P. The number of aliphatic hydroxyl groups excluding tert-OH is 1. The summed E-state index contributed by atoms with van der Waals surface area (Å²) < 4.78 is 39.1. The lowest BCUT2D eigenvalue weighted by atomic mass is 9.95. The van der Waals surface area contributed by atoms with Crippen molar-refractivity contribution in [1.29, 1.82) is 0 Å². The Morgan fingerprint density at radius 2 is 1.93 bits per heavy atom. The number of aromatic nitrogens is 4. The van der Waals surface area contributed by atoms with Gasteiger partial charge in [-0.1, -0.05) is 57.2 Å². The first-order valence-corrected chi connectivity index (χ1v) is 16.7. The molecular weight excluding hydrogens is 615 g/mol. The lowest BCUT2D eigenvalue weighted by Crippen LogP contribution is -2.44. The van der Waals surface area contributed by atoms with E-state index in [2.05, 4.69) is 20.0 Å². The van der Waals surface area contributed by atoms with Crippen LogP contribution in [0.4, 0.5) is 5.95 Å². The summed E-state index contributed by atoms with van der Waals surface area (Å²) in [6.45, 7) is 8.97. The molecule has 1 fully saturated rings. The number of hydrogen-bond acceptors (Lipinski definition) is 12. The average Bonchev–Trinajstić information content (AvgIpc) is 3.51. The Morgan fingerprint density at radius 3 is 2.65 bits per heavy atom. The molecule has 0 radical (unpaired) electrons. The average molecular weight is 657 g/mol. The molecule has 6 atom stereocenters. The number of aliphatic hydroxyl groups is 2. The Hall–Kier alpha value is -3.81. The number of imidazole rings is 1. The number of carbonyl (C=O) groups is 1. The molecule has 4 aromatic rings. The number of anilines is 1. The van der Waals surface area contributed by atoms with Crippen LogP contribution in [0.2, 0.25) is 0 Å². The van der Waals surface area contributed by atoms with Gasteiger partial charge in [-0.25, -0.2) is 10.1 Å². The van der Waals surface area contributed by atoms with Gasteiger partial charge in [0.25, 0.3) is 0 Å². The van der Waals surface area contributed by atoms with Crippen molar-refractivity contribution in [3.05, 3.63) is 48.8 Å². The normalized spacial score (nSPS) is 23.7. The highest BCUT2D eigenvalue weighted by atomic mass is 31.2. The first kappa shape index (κ1) is 33.6. The summed E-state index contributed by atoms with van der Waals surface area (Å²) in [6.07, 6.45) is -2.33. The van der Waals surface area contributed by atoms with E-state index in [1.54, 1.807) is 19.1 Å². The van der Waals surface area contributed by atoms with E-state index in [9.17, 15) is 19.6 Å². The molecule has 2 aromatic heterocycles. The molecule has 2 unspecified atom stereocenters. The first-order valence-electron chi connectivity index (χ1n) is 14.9. The van der Waals surface area contributed by atoms with Gasteiger partial charge in [0.2, 0.25) is 11.8 Å². The first-order chi connectivity index (χ1) is 21.6. The Kier molecular flexibility index (Phi) is 9.31. The van der Waals surface area contributed by atoms with Crippen LogP contribution < -0.4 is 20.1 Å². The molecule has 0 aliphatic carbocycles. The number of esters is 1. The van der Waals surface area contributed by atoms with Gasteiger partial charge >= 0.3 is 13.5 Å². The molecule has 0 spiro atoms. The smallest absolute Gasteiger partial charge is 0.323 e. The maximum absolute atomic E-state index is 14.6. The third-order valence-corrected chi connectivity index (χ3v) is 9.82. The van der Waals surface area contributed by atoms with Crippen LogP contribution in [0, 0.1) is 5.41 Å². The number of nitrogens with one attached hydrogen (secondary N) is 1. The number of carbonyl (C=O) groups excluding carboxylic acids is 1. The molecule has 1 aliphatic rings. The second-order valence-corrected chi connectivity index (χ2v) is 15.1. The highest BCUT2D eigenvalue weighted by molar-refractivity contribution is 7.57. The van der Waals surface area contributed by atoms with Crippen LogP contribution in [-0.4, -0.2) is 79.4 Å². The molecule has 0 bridgehead atoms. The third-order valence-electron chi connectivity index (χ3n) is 7.70. The predicted octanol–water partition coefficient (Wildman–Crippen LogP) is 3.81. The van der Waals surface area contributed by atoms with Crippen LogP contribution >= 0.6 is 7.52 Å². The quantitative estimate of drug-likeness (QED) is 0.135. The zero-order valence-corrected chi connectivity index (χ0v) is 27.6. The molecule has 1 saturated heterocycles. The summed E-state index contributed by atoms with van der Waals surface area (Å²) in [7, 11) is -2.46. The van der Waals surface area contributed by atoms with E-state index in [1.165, 1.54) is 24.9 Å². The van der Waals surface area contributed by atoms with E-state index < -0.39 is 43.6 Å². The fourth-order valence-electron chi connectivity index (χ4n) is 5.32. The van der Waals surface area contributed by atoms with Crippen LogP contribution in [0.5, 0.6) is 11.6 Å². The molecule has 3 heterocycles. The number of nitrogens with zero attached hydrogens (tertiary/aromatic N) is 4. The van der Waals surface area contributed by atoms with Crippen molar-refractivity contribution in [1.82, 2.24) is 24.6 Å². The van der Waals surface area contributed by atoms with E-state index in [0.29, 0.717) is 11.3 Å². The molecule has 15 heteroatoms. The second kappa shape index (κ2) is 12.8. The zero-order valence-electron chi connectivity index (χ0n) is 26.7. The van der Waals surface area contributed by atoms with Gasteiger partial charge in [-0.3, -0.25) is 13.9 Å². The highest BCUT2D eigenvalue weighted by Crippen LogP contribution is 2.49. The number of methoxy groups -OCH3 is 1. The van der Waals surface area contributed by atoms with Crippen molar-refractivity contribution in [3.8, 4) is 11.6 Å². The number of fused-ring (bicyclic) bond motifs is 2. The van der Waals surface area contributed by atoms with E-state index in [-0.39, 0.29) is 42.1 Å². The molecule has 14 nitrogen and oxygen atoms in total. The van der Waals surface area contributed by atoms with Gasteiger partial charge in [0, 0.05) is 5.39 Å². The molecule has 5 rings (SSSR count). The lowest BCUT2D eigenvalue weighted by molar-refractivity contribution is -0.148. The predicted molar refractivity (Wildman–Crippen MR) is 172 cm³/mol. The molecule has 46 heavy (non-hydrogen) atoms. The molecule has 0 saturated carbocycles. The molecule has 1 aliphatic heterocycles. The van der Waals surface area contributed by atoms with Crippen molar-refractivity contribution >= 4 is 41.4 Å². The van der Waals surface area contributed by atoms with Crippen LogP contribution in [0.25, 0.3) is 21.9 Å². The minimum absolute atomic E-state index is 0.0142. The summed E-state index contributed by atoms with van der Waals surface area (Å²) in [4.78, 5) is 25.4. The Labute approximate surface area is 266 Å². The lowest BCUT2D eigenvalue weighted by Gasteiger charge is -2.27. The van der Waals surface area contributed by atoms with Crippen molar-refractivity contribution < 1.29 is 38.3 Å². The number of nitrogen functional groups attached to an aromatic ring is 1. The maximum atomic E-state index is 14.6. The fourth-order valence-corrected chi connectivity index (χ4v) is 7.36. The van der Waals surface area contributed by atoms with Gasteiger partial charge in [-0.05, 0) is 37.1 Å². The monoisotopic (exact) mass is 656 g/mol. The van der Waals surface area contributed by atoms with Crippen LogP contribution in [-0.2, 0) is 18.8 Å². The standard InChI is InChI=1S/C31H41N6O8P/c1-18(27(39)43-16-30(2,3)4)36-46(41,45-21-13-9-11-19-10-7-8-12-20(19)21)15-14-22-24(38)31(5,40)28(44-22)37-17-33-23-25(37)34-29(32)35-26(23)42-6/h7-13,17-18,22,24,28,38,40H,14-16H2,1-6H3,(H,36,41)(H2,32,34,35)/t18-,22+,24+,28?,31+,46?/m0/s1. The van der Waals surface area contributed by atoms with Gasteiger partial charge in [0.15, 0.2) is 17.4 Å². The van der Waals surface area contributed by atoms with Crippen LogP contribution in [0.3, 0.4) is 0 Å². The Bertz CT molecular complexity index is 1770. The largest absolute Gasteiger partial charge is 0.479 e. The topological polar surface area (TPSA) is 193 Å². The zero-order chi connectivity index (χ0) is 33.4. The van der Waals surface area contributed by atoms with Gasteiger partial charge in [-0.15, -0.1) is 0 Å². The van der Waals surface area contributed by atoms with Gasteiger partial charge in [0.1, 0.15) is 23.5 Å². The minimum Gasteiger partial charge on any atom is -0.479 e. The number of hydrogen-bond donors (Lipinski definition) is 4. The summed E-state index contributed by atoms with van der Waals surface area (Å²) in [5.41, 5.74) is 4.31. The fraction of sp³-hybridized carbons (Fsp3) is 0.484. The number of rotatable bonds is 11. The summed E-state index contributed by atoms with van der Waals surface area (Å²) in [6, 6.07) is 11.9. The molecule has 248 valence electrons. The molecule has 2 aromatic carbocycles. The SMILES string of the molecule is COc1nc(N)nc2c1ncn2C1O[C@H](CCP(=O)(N[C@@H](C)C(=O)OCC(C)(C)C)Oc2cccc3ccccc23)[C@@H](O)[C@@]1(C)O. The van der Waals surface area contributed by atoms with E-state index >= 15 is 0 Å². The van der Waals surface area contributed by atoms with Crippen molar-refractivity contribution in [2.45, 2.75) is 71.1 Å². The van der Waals surface area contributed by atoms with Crippen LogP contribution in [0.15, 0.2) is 48.8 Å². The highest BCUT2D eigenvalue weighted by Gasteiger charge is 2.54. The number of ether oxygens (including phenoxy) is 3. The van der Waals surface area contributed by atoms with Crippen molar-refractivity contribution in [2.75, 3.05) is 25.6 Å². The summed E-state index contributed by atoms with van der Waals surface area (Å²) in [5.74, 6) is -0.157. The Balaban J connectivity index is 1.40. The maximum Gasteiger partial charge on any atom is 0.323 e.